The van der Waals surface area contributed by atoms with Gasteiger partial charge in [0.2, 0.25) is 0 Å². The van der Waals surface area contributed by atoms with Crippen LogP contribution in [0, 0.1) is 13.8 Å². The van der Waals surface area contributed by atoms with Gasteiger partial charge < -0.3 is 4.52 Å². The maximum Gasteiger partial charge on any atom is 0.143 e. The summed E-state index contributed by atoms with van der Waals surface area (Å²) in [6, 6.07) is 0. The van der Waals surface area contributed by atoms with E-state index in [1.807, 2.05) is 13.8 Å². The van der Waals surface area contributed by atoms with Crippen molar-refractivity contribution in [1.29, 1.82) is 0 Å². The van der Waals surface area contributed by atoms with Crippen LogP contribution in [0.1, 0.15) is 17.0 Å². The summed E-state index contributed by atoms with van der Waals surface area (Å²) in [5.41, 5.74) is 2.63. The highest BCUT2D eigenvalue weighted by molar-refractivity contribution is 6.09. The van der Waals surface area contributed by atoms with Gasteiger partial charge in [-0.15, -0.1) is 0 Å². The van der Waals surface area contributed by atoms with Crippen molar-refractivity contribution in [3.05, 3.63) is 29.7 Å². The zero-order valence-corrected chi connectivity index (χ0v) is 7.59. The van der Waals surface area contributed by atoms with Gasteiger partial charge in [-0.3, -0.25) is 4.99 Å². The second kappa shape index (κ2) is 3.34. The van der Waals surface area contributed by atoms with Gasteiger partial charge in [-0.25, -0.2) is 0 Å². The normalized spacial score (nSPS) is 11.8. The molecule has 0 saturated heterocycles. The molecule has 0 saturated carbocycles. The molecule has 0 aliphatic heterocycles. The predicted molar refractivity (Wildman–Crippen MR) is 48.6 cm³/mol. The molecule has 3 heteroatoms. The molecule has 0 spiro atoms. The first kappa shape index (κ1) is 8.71. The van der Waals surface area contributed by atoms with Crippen molar-refractivity contribution < 1.29 is 4.52 Å². The van der Waals surface area contributed by atoms with Crippen LogP contribution in [-0.4, -0.2) is 17.9 Å². The topological polar surface area (TPSA) is 38.4 Å². The molecule has 0 amide bonds. The van der Waals surface area contributed by atoms with Crippen molar-refractivity contribution in [2.75, 3.05) is 7.05 Å². The summed E-state index contributed by atoms with van der Waals surface area (Å²) in [6.07, 6.45) is 1.70. The van der Waals surface area contributed by atoms with E-state index in [2.05, 4.69) is 16.7 Å². The highest BCUT2D eigenvalue weighted by atomic mass is 16.5. The van der Waals surface area contributed by atoms with Crippen molar-refractivity contribution in [2.45, 2.75) is 13.8 Å². The smallest absolute Gasteiger partial charge is 0.143 e. The Morgan fingerprint density at radius 3 is 2.58 bits per heavy atom. The molecule has 3 nitrogen and oxygen atoms in total. The molecule has 1 aromatic heterocycles. The second-order valence-electron chi connectivity index (χ2n) is 2.51. The molecular formula is C9H12N2O. The van der Waals surface area contributed by atoms with Crippen LogP contribution in [0.4, 0.5) is 0 Å². The summed E-state index contributed by atoms with van der Waals surface area (Å²) < 4.78 is 5.00. The summed E-state index contributed by atoms with van der Waals surface area (Å²) in [5.74, 6) is 0.785. The average molecular weight is 164 g/mol. The lowest BCUT2D eigenvalue weighted by Gasteiger charge is -1.96. The largest absolute Gasteiger partial charge is 0.361 e. The van der Waals surface area contributed by atoms with Crippen molar-refractivity contribution in [3.63, 3.8) is 0 Å². The fraction of sp³-hybridized carbons (Fsp3) is 0.333. The molecule has 0 atom stereocenters. The van der Waals surface area contributed by atoms with E-state index in [0.29, 0.717) is 0 Å². The minimum absolute atomic E-state index is 0.785. The van der Waals surface area contributed by atoms with Crippen LogP contribution in [-0.2, 0) is 0 Å². The molecule has 0 aromatic carbocycles. The van der Waals surface area contributed by atoms with Crippen LogP contribution in [0.2, 0.25) is 0 Å². The van der Waals surface area contributed by atoms with Gasteiger partial charge in [0, 0.05) is 7.05 Å². The number of allylic oxidation sites excluding steroid dienone is 1. The summed E-state index contributed by atoms with van der Waals surface area (Å²) in [4.78, 5) is 4.07. The monoisotopic (exact) mass is 164 g/mol. The van der Waals surface area contributed by atoms with Gasteiger partial charge in [-0.05, 0) is 19.9 Å². The molecule has 0 unspecified atom stereocenters. The summed E-state index contributed by atoms with van der Waals surface area (Å²) >= 11 is 0. The van der Waals surface area contributed by atoms with Crippen LogP contribution < -0.4 is 0 Å². The van der Waals surface area contributed by atoms with E-state index in [9.17, 15) is 0 Å². The van der Waals surface area contributed by atoms with Gasteiger partial charge in [0.1, 0.15) is 5.76 Å². The van der Waals surface area contributed by atoms with Crippen LogP contribution >= 0.6 is 0 Å². The second-order valence-corrected chi connectivity index (χ2v) is 2.51. The lowest BCUT2D eigenvalue weighted by Crippen LogP contribution is -1.98. The quantitative estimate of drug-likeness (QED) is 0.626. The third kappa shape index (κ3) is 1.30. The molecule has 1 heterocycles. The molecule has 0 fully saturated rings. The predicted octanol–water partition coefficient (Wildman–Crippen LogP) is 1.90. The van der Waals surface area contributed by atoms with Crippen LogP contribution in [0.25, 0.3) is 0 Å². The maximum atomic E-state index is 5.00. The van der Waals surface area contributed by atoms with Crippen molar-refractivity contribution in [1.82, 2.24) is 5.16 Å². The Morgan fingerprint density at radius 2 is 2.25 bits per heavy atom. The van der Waals surface area contributed by atoms with Gasteiger partial charge >= 0.3 is 0 Å². The Morgan fingerprint density at radius 1 is 1.58 bits per heavy atom. The number of hydrogen-bond acceptors (Lipinski definition) is 3. The Labute approximate surface area is 71.8 Å². The number of aromatic nitrogens is 1. The first-order chi connectivity index (χ1) is 5.70. The summed E-state index contributed by atoms with van der Waals surface area (Å²) in [7, 11) is 1.73. The fourth-order valence-corrected chi connectivity index (χ4v) is 1.15. The van der Waals surface area contributed by atoms with E-state index in [4.69, 9.17) is 4.52 Å². The van der Waals surface area contributed by atoms with Crippen molar-refractivity contribution in [3.8, 4) is 0 Å². The maximum absolute atomic E-state index is 5.00. The standard InChI is InChI=1S/C9H12N2O/c1-5-8(10-4)9-6(2)11-12-7(9)3/h5H,1H2,2-4H3/b10-8+. The first-order valence-corrected chi connectivity index (χ1v) is 3.73. The van der Waals surface area contributed by atoms with E-state index in [-0.39, 0.29) is 0 Å². The molecule has 0 aliphatic rings. The van der Waals surface area contributed by atoms with Gasteiger partial charge in [-0.2, -0.15) is 0 Å². The van der Waals surface area contributed by atoms with Gasteiger partial charge in [0.25, 0.3) is 0 Å². The molecule has 12 heavy (non-hydrogen) atoms. The highest BCUT2D eigenvalue weighted by Gasteiger charge is 2.11. The first-order valence-electron chi connectivity index (χ1n) is 3.73. The third-order valence-corrected chi connectivity index (χ3v) is 1.72. The molecule has 64 valence electrons. The van der Waals surface area contributed by atoms with E-state index in [1.165, 1.54) is 0 Å². The Balaban J connectivity index is 3.25. The SMILES string of the molecule is C=C/C(=N\C)c1c(C)noc1C. The number of aliphatic imine (C=N–C) groups is 1. The van der Waals surface area contributed by atoms with Gasteiger partial charge in [0.15, 0.2) is 0 Å². The van der Waals surface area contributed by atoms with Crippen molar-refractivity contribution >= 4 is 5.71 Å². The van der Waals surface area contributed by atoms with E-state index in [1.54, 1.807) is 13.1 Å². The zero-order valence-electron chi connectivity index (χ0n) is 7.59. The van der Waals surface area contributed by atoms with Crippen LogP contribution in [0.15, 0.2) is 22.2 Å². The lowest BCUT2D eigenvalue weighted by atomic mass is 10.1. The van der Waals surface area contributed by atoms with Gasteiger partial charge in [0.05, 0.1) is 17.0 Å². The molecule has 0 aliphatic carbocycles. The minimum atomic E-state index is 0.785. The zero-order chi connectivity index (χ0) is 9.14. The minimum Gasteiger partial charge on any atom is -0.361 e. The molecule has 0 bridgehead atoms. The molecular weight excluding hydrogens is 152 g/mol. The number of rotatable bonds is 2. The third-order valence-electron chi connectivity index (χ3n) is 1.72. The van der Waals surface area contributed by atoms with Crippen LogP contribution in [0.3, 0.4) is 0 Å². The van der Waals surface area contributed by atoms with Crippen LogP contribution in [0.5, 0.6) is 0 Å². The number of nitrogens with zero attached hydrogens (tertiary/aromatic N) is 2. The van der Waals surface area contributed by atoms with E-state index in [0.717, 1.165) is 22.7 Å². The Bertz CT molecular complexity index is 304. The average Bonchev–Trinajstić information content (AvgIpc) is 2.38. The molecule has 0 radical (unpaired) electrons. The lowest BCUT2D eigenvalue weighted by molar-refractivity contribution is 0.393. The van der Waals surface area contributed by atoms with Gasteiger partial charge in [-0.1, -0.05) is 11.7 Å². The van der Waals surface area contributed by atoms with E-state index < -0.39 is 0 Å². The molecule has 1 aromatic rings. The van der Waals surface area contributed by atoms with Crippen molar-refractivity contribution in [2.24, 2.45) is 4.99 Å². The summed E-state index contributed by atoms with van der Waals surface area (Å²) in [6.45, 7) is 7.42. The fourth-order valence-electron chi connectivity index (χ4n) is 1.15. The number of hydrogen-bond donors (Lipinski definition) is 0. The highest BCUT2D eigenvalue weighted by Crippen LogP contribution is 2.13. The summed E-state index contributed by atoms with van der Waals surface area (Å²) in [5, 5.41) is 3.83. The van der Waals surface area contributed by atoms with E-state index >= 15 is 0 Å². The Hall–Kier alpha value is -1.38. The Kier molecular flexibility index (Phi) is 2.43. The molecule has 1 rings (SSSR count). The molecule has 0 N–H and O–H groups in total. The number of aryl methyl sites for hydroxylation is 2.